The Bertz CT molecular complexity index is 1430. The summed E-state index contributed by atoms with van der Waals surface area (Å²) < 4.78 is 30.7. The van der Waals surface area contributed by atoms with Crippen LogP contribution in [0.2, 0.25) is 0 Å². The minimum atomic E-state index is -3.72. The second-order valence-corrected chi connectivity index (χ2v) is 8.97. The smallest absolute Gasteiger partial charge is 0.268 e. The molecule has 0 N–H and O–H groups in total. The summed E-state index contributed by atoms with van der Waals surface area (Å²) in [5.74, 6) is 0. The van der Waals surface area contributed by atoms with Crippen LogP contribution in [0.4, 0.5) is 0 Å². The minimum Gasteiger partial charge on any atom is -0.345 e. The molecule has 2 aromatic heterocycles. The van der Waals surface area contributed by atoms with Crippen LogP contribution in [-0.2, 0) is 16.6 Å². The number of para-hydroxylation sites is 1. The van der Waals surface area contributed by atoms with Crippen molar-refractivity contribution in [2.45, 2.75) is 18.4 Å². The van der Waals surface area contributed by atoms with E-state index in [2.05, 4.69) is 23.6 Å². The van der Waals surface area contributed by atoms with Crippen molar-refractivity contribution in [1.82, 2.24) is 8.54 Å². The molecule has 29 heavy (non-hydrogen) atoms. The molecule has 0 atom stereocenters. The third kappa shape index (κ3) is 2.77. The van der Waals surface area contributed by atoms with Crippen molar-refractivity contribution < 1.29 is 8.42 Å². The molecular formula is C24H20N2O2S. The van der Waals surface area contributed by atoms with Gasteiger partial charge in [-0.1, -0.05) is 66.7 Å². The van der Waals surface area contributed by atoms with Crippen LogP contribution in [0, 0.1) is 6.92 Å². The highest BCUT2D eigenvalue weighted by Gasteiger charge is 2.25. The van der Waals surface area contributed by atoms with Gasteiger partial charge in [-0.05, 0) is 30.7 Å². The van der Waals surface area contributed by atoms with E-state index in [-0.39, 0.29) is 4.90 Å². The fraction of sp³-hybridized carbons (Fsp3) is 0.0833. The average Bonchev–Trinajstić information content (AvgIpc) is 3.24. The van der Waals surface area contributed by atoms with E-state index in [1.54, 1.807) is 24.3 Å². The standard InChI is InChI=1S/C24H20N2O2S/c1-18-24-21-14-8-9-15-22(21)26(29(27,28)20-12-6-3-7-13-20)23(24)17-25(18)16-19-10-4-2-5-11-19/h2-15,17H,16H2,1H3. The van der Waals surface area contributed by atoms with Crippen LogP contribution in [0.15, 0.2) is 96.0 Å². The van der Waals surface area contributed by atoms with Crippen LogP contribution < -0.4 is 0 Å². The minimum absolute atomic E-state index is 0.288. The van der Waals surface area contributed by atoms with E-state index in [0.717, 1.165) is 16.5 Å². The van der Waals surface area contributed by atoms with Gasteiger partial charge in [-0.2, -0.15) is 0 Å². The largest absolute Gasteiger partial charge is 0.345 e. The Labute approximate surface area is 169 Å². The summed E-state index contributed by atoms with van der Waals surface area (Å²) in [6.45, 7) is 2.75. The van der Waals surface area contributed by atoms with Crippen molar-refractivity contribution in [1.29, 1.82) is 0 Å². The molecule has 0 radical (unpaired) electrons. The molecule has 2 heterocycles. The highest BCUT2D eigenvalue weighted by Crippen LogP contribution is 2.35. The number of hydrogen-bond donors (Lipinski definition) is 0. The number of benzene rings is 3. The van der Waals surface area contributed by atoms with Gasteiger partial charge in [-0.3, -0.25) is 0 Å². The van der Waals surface area contributed by atoms with Gasteiger partial charge in [0.05, 0.1) is 15.9 Å². The first kappa shape index (κ1) is 17.8. The van der Waals surface area contributed by atoms with Crippen molar-refractivity contribution >= 4 is 31.8 Å². The number of aryl methyl sites for hydroxylation is 1. The zero-order valence-electron chi connectivity index (χ0n) is 16.0. The van der Waals surface area contributed by atoms with Gasteiger partial charge in [-0.15, -0.1) is 0 Å². The van der Waals surface area contributed by atoms with Gasteiger partial charge in [0.1, 0.15) is 0 Å². The first-order valence-corrected chi connectivity index (χ1v) is 10.9. The van der Waals surface area contributed by atoms with Crippen molar-refractivity contribution in [3.05, 3.63) is 102 Å². The summed E-state index contributed by atoms with van der Waals surface area (Å²) in [5.41, 5.74) is 3.65. The first-order chi connectivity index (χ1) is 14.1. The third-order valence-corrected chi connectivity index (χ3v) is 7.16. The molecule has 0 fully saturated rings. The van der Waals surface area contributed by atoms with Crippen molar-refractivity contribution in [3.63, 3.8) is 0 Å². The Morgan fingerprint density at radius 3 is 2.10 bits per heavy atom. The maximum atomic E-state index is 13.6. The van der Waals surface area contributed by atoms with E-state index in [1.165, 1.54) is 9.54 Å². The highest BCUT2D eigenvalue weighted by molar-refractivity contribution is 7.90. The second-order valence-electron chi connectivity index (χ2n) is 7.19. The Kier molecular flexibility index (Phi) is 4.07. The molecule has 0 aliphatic heterocycles. The van der Waals surface area contributed by atoms with Gasteiger partial charge < -0.3 is 4.57 Å². The monoisotopic (exact) mass is 400 g/mol. The second kappa shape index (κ2) is 6.64. The maximum absolute atomic E-state index is 13.6. The molecule has 5 rings (SSSR count). The van der Waals surface area contributed by atoms with E-state index >= 15 is 0 Å². The molecule has 144 valence electrons. The van der Waals surface area contributed by atoms with E-state index < -0.39 is 10.0 Å². The quantitative estimate of drug-likeness (QED) is 0.417. The van der Waals surface area contributed by atoms with Crippen LogP contribution in [0.1, 0.15) is 11.3 Å². The fourth-order valence-corrected chi connectivity index (χ4v) is 5.55. The number of hydrogen-bond acceptors (Lipinski definition) is 2. The predicted molar refractivity (Wildman–Crippen MR) is 117 cm³/mol. The molecular weight excluding hydrogens is 380 g/mol. The SMILES string of the molecule is Cc1c2c3ccccc3n(S(=O)(=O)c3ccccc3)c2cn1Cc1ccccc1. The van der Waals surface area contributed by atoms with E-state index in [1.807, 2.05) is 54.7 Å². The van der Waals surface area contributed by atoms with Crippen LogP contribution >= 0.6 is 0 Å². The molecule has 3 aromatic carbocycles. The average molecular weight is 401 g/mol. The molecule has 0 saturated carbocycles. The summed E-state index contributed by atoms with van der Waals surface area (Å²) in [4.78, 5) is 0.288. The summed E-state index contributed by atoms with van der Waals surface area (Å²) >= 11 is 0. The van der Waals surface area contributed by atoms with E-state index in [4.69, 9.17) is 0 Å². The molecule has 0 spiro atoms. The lowest BCUT2D eigenvalue weighted by atomic mass is 10.2. The zero-order valence-corrected chi connectivity index (χ0v) is 16.8. The summed E-state index contributed by atoms with van der Waals surface area (Å²) in [6.07, 6.45) is 1.96. The zero-order chi connectivity index (χ0) is 20.0. The predicted octanol–water partition coefficient (Wildman–Crippen LogP) is 5.19. The Balaban J connectivity index is 1.80. The molecule has 5 heteroatoms. The lowest BCUT2D eigenvalue weighted by Gasteiger charge is -2.10. The first-order valence-electron chi connectivity index (χ1n) is 9.51. The summed E-state index contributed by atoms with van der Waals surface area (Å²) in [5, 5.41) is 1.93. The number of fused-ring (bicyclic) bond motifs is 3. The molecule has 0 saturated heterocycles. The molecule has 4 nitrogen and oxygen atoms in total. The Morgan fingerprint density at radius 1 is 0.759 bits per heavy atom. The van der Waals surface area contributed by atoms with Crippen LogP contribution in [0.5, 0.6) is 0 Å². The summed E-state index contributed by atoms with van der Waals surface area (Å²) in [7, 11) is -3.72. The van der Waals surface area contributed by atoms with E-state index in [9.17, 15) is 8.42 Å². The Morgan fingerprint density at radius 2 is 1.38 bits per heavy atom. The third-order valence-electron chi connectivity index (χ3n) is 5.42. The maximum Gasteiger partial charge on any atom is 0.268 e. The van der Waals surface area contributed by atoms with Crippen LogP contribution in [-0.4, -0.2) is 17.0 Å². The van der Waals surface area contributed by atoms with Crippen LogP contribution in [0.25, 0.3) is 21.8 Å². The summed E-state index contributed by atoms with van der Waals surface area (Å²) in [6, 6.07) is 26.5. The molecule has 0 aliphatic rings. The number of rotatable bonds is 4. The topological polar surface area (TPSA) is 44.0 Å². The normalized spacial score (nSPS) is 12.0. The van der Waals surface area contributed by atoms with Crippen molar-refractivity contribution in [2.24, 2.45) is 0 Å². The lowest BCUT2D eigenvalue weighted by molar-refractivity contribution is 0.590. The van der Waals surface area contributed by atoms with Gasteiger partial charge >= 0.3 is 0 Å². The van der Waals surface area contributed by atoms with E-state index in [0.29, 0.717) is 17.6 Å². The molecule has 5 aromatic rings. The number of aromatic nitrogens is 2. The van der Waals surface area contributed by atoms with Gasteiger partial charge in [0.2, 0.25) is 0 Å². The van der Waals surface area contributed by atoms with Crippen molar-refractivity contribution in [3.8, 4) is 0 Å². The molecule has 0 aliphatic carbocycles. The molecule has 0 unspecified atom stereocenters. The Hall–Kier alpha value is -3.31. The van der Waals surface area contributed by atoms with Gasteiger partial charge in [-0.25, -0.2) is 12.4 Å². The molecule has 0 bridgehead atoms. The highest BCUT2D eigenvalue weighted by atomic mass is 32.2. The van der Waals surface area contributed by atoms with Crippen molar-refractivity contribution in [2.75, 3.05) is 0 Å². The van der Waals surface area contributed by atoms with Gasteiger partial charge in [0.25, 0.3) is 10.0 Å². The van der Waals surface area contributed by atoms with Gasteiger partial charge in [0.15, 0.2) is 0 Å². The van der Waals surface area contributed by atoms with Gasteiger partial charge in [0, 0.05) is 29.2 Å². The molecule has 0 amide bonds. The fourth-order valence-electron chi connectivity index (χ4n) is 4.02. The lowest BCUT2D eigenvalue weighted by Crippen LogP contribution is -2.12. The van der Waals surface area contributed by atoms with Crippen LogP contribution in [0.3, 0.4) is 0 Å². The number of nitrogens with zero attached hydrogens (tertiary/aromatic N) is 2.